The van der Waals surface area contributed by atoms with Gasteiger partial charge in [0.25, 0.3) is 0 Å². The van der Waals surface area contributed by atoms with E-state index in [0.717, 1.165) is 11.3 Å². The number of hydrogen-bond acceptors (Lipinski definition) is 2. The molecule has 0 aliphatic carbocycles. The van der Waals surface area contributed by atoms with Gasteiger partial charge in [-0.2, -0.15) is 0 Å². The van der Waals surface area contributed by atoms with E-state index in [1.807, 2.05) is 6.07 Å². The van der Waals surface area contributed by atoms with Gasteiger partial charge in [-0.05, 0) is 23.6 Å². The molecule has 0 spiro atoms. The molecule has 1 rings (SSSR count). The number of phenolic OH excluding ortho intramolecular Hbond substituents is 1. The van der Waals surface area contributed by atoms with Crippen LogP contribution in [0.1, 0.15) is 27.8 Å². The molecule has 14 heavy (non-hydrogen) atoms. The molecule has 0 radical (unpaired) electrons. The van der Waals surface area contributed by atoms with Crippen LogP contribution in [0.4, 0.5) is 0 Å². The van der Waals surface area contributed by atoms with Crippen LogP contribution in [0, 0.1) is 0 Å². The molecule has 1 aromatic rings. The summed E-state index contributed by atoms with van der Waals surface area (Å²) in [6.45, 7) is 6.17. The van der Waals surface area contributed by atoms with Crippen molar-refractivity contribution >= 4 is 0 Å². The Morgan fingerprint density at radius 3 is 2.29 bits per heavy atom. The topological polar surface area (TPSA) is 29.5 Å². The first-order valence-electron chi connectivity index (χ1n) is 4.32. The summed E-state index contributed by atoms with van der Waals surface area (Å²) >= 11 is 0. The van der Waals surface area contributed by atoms with Crippen LogP contribution in [0.3, 0.4) is 0 Å². The van der Waals surface area contributed by atoms with E-state index >= 15 is 0 Å². The first-order valence-corrected chi connectivity index (χ1v) is 4.32. The Kier molecular flexibility index (Phi) is 4.99. The van der Waals surface area contributed by atoms with Gasteiger partial charge in [0.05, 0.1) is 7.11 Å². The number of aromatic hydroxyl groups is 1. The monoisotopic (exact) mass is 204 g/mol. The summed E-state index contributed by atoms with van der Waals surface area (Å²) in [6, 6.07) is 5.29. The predicted octanol–water partition coefficient (Wildman–Crippen LogP) is -0.185. The number of rotatable bonds is 1. The Morgan fingerprint density at radius 1 is 1.29 bits per heavy atom. The molecule has 1 aromatic carbocycles. The fraction of sp³-hybridized carbons (Fsp3) is 0.455. The maximum atomic E-state index is 9.61. The maximum Gasteiger partial charge on any atom is 1.00 e. The molecule has 0 amide bonds. The van der Waals surface area contributed by atoms with Crippen molar-refractivity contribution in [2.45, 2.75) is 26.2 Å². The molecular formula is C11H17NaO2. The summed E-state index contributed by atoms with van der Waals surface area (Å²) in [4.78, 5) is 0. The van der Waals surface area contributed by atoms with E-state index in [1.54, 1.807) is 19.2 Å². The molecule has 3 heteroatoms. The van der Waals surface area contributed by atoms with Gasteiger partial charge in [-0.3, -0.25) is 0 Å². The van der Waals surface area contributed by atoms with Crippen LogP contribution in [-0.4, -0.2) is 12.2 Å². The van der Waals surface area contributed by atoms with Crippen molar-refractivity contribution in [2.75, 3.05) is 7.11 Å². The van der Waals surface area contributed by atoms with Crippen LogP contribution < -0.4 is 34.3 Å². The average molecular weight is 204 g/mol. The Bertz CT molecular complexity index is 308. The van der Waals surface area contributed by atoms with E-state index in [4.69, 9.17) is 4.74 Å². The summed E-state index contributed by atoms with van der Waals surface area (Å²) in [5.41, 5.74) is 0.852. The van der Waals surface area contributed by atoms with Gasteiger partial charge in [0.1, 0.15) is 11.5 Å². The van der Waals surface area contributed by atoms with Crippen molar-refractivity contribution in [2.24, 2.45) is 0 Å². The van der Waals surface area contributed by atoms with Gasteiger partial charge in [0, 0.05) is 5.56 Å². The van der Waals surface area contributed by atoms with Gasteiger partial charge in [0.2, 0.25) is 0 Å². The van der Waals surface area contributed by atoms with Crippen LogP contribution in [0.15, 0.2) is 18.2 Å². The maximum absolute atomic E-state index is 9.61. The van der Waals surface area contributed by atoms with Crippen LogP contribution in [0.5, 0.6) is 11.5 Å². The third-order valence-corrected chi connectivity index (χ3v) is 2.01. The van der Waals surface area contributed by atoms with Crippen molar-refractivity contribution in [3.05, 3.63) is 23.8 Å². The zero-order valence-corrected chi connectivity index (χ0v) is 11.6. The third kappa shape index (κ3) is 3.19. The number of ether oxygens (including phenoxy) is 1. The summed E-state index contributed by atoms with van der Waals surface area (Å²) < 4.78 is 5.09. The Balaban J connectivity index is 0. The molecule has 2 nitrogen and oxygen atoms in total. The first kappa shape index (κ1) is 13.8. The number of hydrogen-bond donors (Lipinski definition) is 1. The second-order valence-corrected chi connectivity index (χ2v) is 4.13. The standard InChI is InChI=1S/C11H16O2.Na.H/c1-11(2,3)9-7-8(13-4)5-6-10(9)12;;/h5-7,12H,1-4H3;;/q;+1;-1. The van der Waals surface area contributed by atoms with Crippen molar-refractivity contribution in [3.63, 3.8) is 0 Å². The zero-order valence-electron chi connectivity index (χ0n) is 10.6. The van der Waals surface area contributed by atoms with Crippen LogP contribution in [-0.2, 0) is 5.41 Å². The summed E-state index contributed by atoms with van der Waals surface area (Å²) in [5.74, 6) is 1.11. The molecule has 0 unspecified atom stereocenters. The van der Waals surface area contributed by atoms with E-state index in [-0.39, 0.29) is 36.4 Å². The second-order valence-electron chi connectivity index (χ2n) is 4.13. The van der Waals surface area contributed by atoms with E-state index in [9.17, 15) is 5.11 Å². The van der Waals surface area contributed by atoms with Crippen molar-refractivity contribution < 1.29 is 40.8 Å². The normalized spacial score (nSPS) is 10.6. The minimum atomic E-state index is -0.0569. The molecule has 0 aliphatic rings. The molecule has 0 fully saturated rings. The molecule has 74 valence electrons. The summed E-state index contributed by atoms with van der Waals surface area (Å²) in [6.07, 6.45) is 0. The fourth-order valence-electron chi connectivity index (χ4n) is 1.24. The molecule has 0 aliphatic heterocycles. The molecule has 0 saturated heterocycles. The zero-order chi connectivity index (χ0) is 10.1. The largest absolute Gasteiger partial charge is 1.00 e. The van der Waals surface area contributed by atoms with Crippen molar-refractivity contribution in [3.8, 4) is 11.5 Å². The van der Waals surface area contributed by atoms with Gasteiger partial charge < -0.3 is 11.3 Å². The molecule has 0 aromatic heterocycles. The number of benzene rings is 1. The van der Waals surface area contributed by atoms with Gasteiger partial charge in [-0.1, -0.05) is 20.8 Å². The fourth-order valence-corrected chi connectivity index (χ4v) is 1.24. The predicted molar refractivity (Wildman–Crippen MR) is 54.5 cm³/mol. The Hall–Kier alpha value is -0.180. The quantitative estimate of drug-likeness (QED) is 0.643. The minimum Gasteiger partial charge on any atom is -1.00 e. The van der Waals surface area contributed by atoms with Gasteiger partial charge in [0.15, 0.2) is 0 Å². The van der Waals surface area contributed by atoms with E-state index < -0.39 is 0 Å². The second kappa shape index (κ2) is 5.06. The number of methoxy groups -OCH3 is 1. The number of phenols is 1. The average Bonchev–Trinajstić information content (AvgIpc) is 2.03. The first-order chi connectivity index (χ1) is 5.95. The smallest absolute Gasteiger partial charge is 1.00 e. The summed E-state index contributed by atoms with van der Waals surface area (Å²) in [5, 5.41) is 9.61. The molecule has 0 bridgehead atoms. The minimum absolute atomic E-state index is 0. The van der Waals surface area contributed by atoms with Gasteiger partial charge in [-0.25, -0.2) is 0 Å². The molecule has 0 saturated carbocycles. The van der Waals surface area contributed by atoms with Crippen LogP contribution in [0.25, 0.3) is 0 Å². The van der Waals surface area contributed by atoms with Crippen molar-refractivity contribution in [1.29, 1.82) is 0 Å². The Labute approximate surface area is 109 Å². The third-order valence-electron chi connectivity index (χ3n) is 2.01. The summed E-state index contributed by atoms with van der Waals surface area (Å²) in [7, 11) is 1.62. The van der Waals surface area contributed by atoms with Gasteiger partial charge >= 0.3 is 29.6 Å². The van der Waals surface area contributed by atoms with E-state index in [1.165, 1.54) is 0 Å². The van der Waals surface area contributed by atoms with Crippen LogP contribution >= 0.6 is 0 Å². The van der Waals surface area contributed by atoms with E-state index in [2.05, 4.69) is 20.8 Å². The van der Waals surface area contributed by atoms with Crippen LogP contribution in [0.2, 0.25) is 0 Å². The van der Waals surface area contributed by atoms with Crippen molar-refractivity contribution in [1.82, 2.24) is 0 Å². The Morgan fingerprint density at radius 2 is 1.86 bits per heavy atom. The molecule has 1 N–H and O–H groups in total. The SMILES string of the molecule is COc1ccc(O)c(C(C)(C)C)c1.[H-].[Na+]. The molecule has 0 heterocycles. The molecular weight excluding hydrogens is 187 g/mol. The van der Waals surface area contributed by atoms with E-state index in [0.29, 0.717) is 5.75 Å². The van der Waals surface area contributed by atoms with Gasteiger partial charge in [-0.15, -0.1) is 0 Å². The molecule has 0 atom stereocenters.